The van der Waals surface area contributed by atoms with Gasteiger partial charge in [-0.1, -0.05) is 0 Å². The Morgan fingerprint density at radius 1 is 1.00 bits per heavy atom. The van der Waals surface area contributed by atoms with Gasteiger partial charge in [0, 0.05) is 6.08 Å². The molecule has 1 aliphatic rings. The standard InChI is InChI=1S/C10H8F10O/c1-4(2)21-9(17)6(12,10(18,19)20)3-5(11)7(13,14)8(9,15)16/h3-4H,1-2H3. The molecule has 0 spiro atoms. The van der Waals surface area contributed by atoms with Crippen LogP contribution in [-0.4, -0.2) is 35.6 Å². The normalized spacial score (nSPS) is 35.8. The van der Waals surface area contributed by atoms with E-state index < -0.39 is 47.6 Å². The van der Waals surface area contributed by atoms with Gasteiger partial charge in [0.15, 0.2) is 5.83 Å². The maximum absolute atomic E-state index is 14.1. The van der Waals surface area contributed by atoms with Crippen molar-refractivity contribution in [1.29, 1.82) is 0 Å². The summed E-state index contributed by atoms with van der Waals surface area (Å²) in [6.45, 7) is 1.42. The summed E-state index contributed by atoms with van der Waals surface area (Å²) < 4.78 is 135. The van der Waals surface area contributed by atoms with Crippen molar-refractivity contribution in [2.24, 2.45) is 0 Å². The zero-order valence-electron chi connectivity index (χ0n) is 10.3. The van der Waals surface area contributed by atoms with Crippen molar-refractivity contribution in [2.75, 3.05) is 0 Å². The van der Waals surface area contributed by atoms with E-state index in [-0.39, 0.29) is 0 Å². The fourth-order valence-corrected chi connectivity index (χ4v) is 1.69. The van der Waals surface area contributed by atoms with E-state index in [1.165, 1.54) is 0 Å². The highest BCUT2D eigenvalue weighted by atomic mass is 19.4. The lowest BCUT2D eigenvalue weighted by atomic mass is 9.80. The number of ether oxygens (including phenoxy) is 1. The molecule has 21 heavy (non-hydrogen) atoms. The lowest BCUT2D eigenvalue weighted by molar-refractivity contribution is -0.422. The van der Waals surface area contributed by atoms with Gasteiger partial charge in [-0.2, -0.15) is 30.7 Å². The van der Waals surface area contributed by atoms with Crippen LogP contribution in [0.5, 0.6) is 0 Å². The molecular formula is C10H8F10O. The van der Waals surface area contributed by atoms with Gasteiger partial charge >= 0.3 is 23.9 Å². The number of rotatable bonds is 2. The van der Waals surface area contributed by atoms with E-state index in [4.69, 9.17) is 0 Å². The third-order valence-corrected chi connectivity index (χ3v) is 2.70. The van der Waals surface area contributed by atoms with Gasteiger partial charge in [-0.3, -0.25) is 0 Å². The van der Waals surface area contributed by atoms with Crippen LogP contribution in [0.25, 0.3) is 0 Å². The summed E-state index contributed by atoms with van der Waals surface area (Å²) in [6.07, 6.45) is -9.86. The molecule has 0 saturated carbocycles. The van der Waals surface area contributed by atoms with E-state index >= 15 is 0 Å². The molecule has 11 heteroatoms. The molecule has 0 amide bonds. The van der Waals surface area contributed by atoms with Gasteiger partial charge in [-0.15, -0.1) is 0 Å². The Labute approximate surface area is 111 Å². The Hall–Kier alpha value is -1.00. The summed E-state index contributed by atoms with van der Waals surface area (Å²) in [5, 5.41) is 0. The average molecular weight is 334 g/mol. The van der Waals surface area contributed by atoms with Gasteiger partial charge in [0.1, 0.15) is 0 Å². The van der Waals surface area contributed by atoms with Crippen LogP contribution < -0.4 is 0 Å². The number of alkyl halides is 9. The van der Waals surface area contributed by atoms with Crippen molar-refractivity contribution in [3.8, 4) is 0 Å². The fourth-order valence-electron chi connectivity index (χ4n) is 1.69. The monoisotopic (exact) mass is 334 g/mol. The van der Waals surface area contributed by atoms with Crippen LogP contribution in [0.2, 0.25) is 0 Å². The molecule has 0 aliphatic heterocycles. The second-order valence-corrected chi connectivity index (χ2v) is 4.61. The molecule has 124 valence electrons. The topological polar surface area (TPSA) is 9.23 Å². The van der Waals surface area contributed by atoms with Crippen molar-refractivity contribution in [2.45, 2.75) is 49.5 Å². The van der Waals surface area contributed by atoms with Gasteiger partial charge in [-0.25, -0.2) is 13.2 Å². The first-order valence-electron chi connectivity index (χ1n) is 5.31. The zero-order chi connectivity index (χ0) is 17.1. The van der Waals surface area contributed by atoms with Crippen LogP contribution in [0, 0.1) is 0 Å². The molecule has 0 aromatic carbocycles. The minimum absolute atomic E-state index is 0.709. The quantitative estimate of drug-likeness (QED) is 0.677. The SMILES string of the molecule is CC(C)OC1(F)C(F)(F)C(F)(F)C(F)=CC1(F)C(F)(F)F. The summed E-state index contributed by atoms with van der Waals surface area (Å²) in [5.41, 5.74) is -5.79. The first-order valence-corrected chi connectivity index (χ1v) is 5.31. The van der Waals surface area contributed by atoms with E-state index in [2.05, 4.69) is 4.74 Å². The van der Waals surface area contributed by atoms with E-state index in [9.17, 15) is 43.9 Å². The van der Waals surface area contributed by atoms with Crippen LogP contribution in [0.4, 0.5) is 43.9 Å². The summed E-state index contributed by atoms with van der Waals surface area (Å²) in [7, 11) is 0. The van der Waals surface area contributed by atoms with E-state index in [1.54, 1.807) is 0 Å². The van der Waals surface area contributed by atoms with Crippen molar-refractivity contribution < 1.29 is 48.6 Å². The minimum atomic E-state index is -6.46. The smallest absolute Gasteiger partial charge is 0.335 e. The molecule has 1 aliphatic carbocycles. The maximum Gasteiger partial charge on any atom is 0.432 e. The third kappa shape index (κ3) is 2.11. The van der Waals surface area contributed by atoms with Crippen LogP contribution in [0.15, 0.2) is 11.9 Å². The van der Waals surface area contributed by atoms with Crippen LogP contribution in [0.3, 0.4) is 0 Å². The zero-order valence-corrected chi connectivity index (χ0v) is 10.3. The molecule has 0 saturated heterocycles. The number of hydrogen-bond acceptors (Lipinski definition) is 1. The van der Waals surface area contributed by atoms with Crippen molar-refractivity contribution in [1.82, 2.24) is 0 Å². The Morgan fingerprint density at radius 2 is 1.43 bits per heavy atom. The molecule has 0 aromatic heterocycles. The van der Waals surface area contributed by atoms with Gasteiger partial charge in [-0.05, 0) is 13.8 Å². The lowest BCUT2D eigenvalue weighted by Gasteiger charge is -2.47. The summed E-state index contributed by atoms with van der Waals surface area (Å²) >= 11 is 0. The fraction of sp³-hybridized carbons (Fsp3) is 0.800. The largest absolute Gasteiger partial charge is 0.432 e. The molecule has 1 nitrogen and oxygen atoms in total. The summed E-state index contributed by atoms with van der Waals surface area (Å²) in [4.78, 5) is 0. The van der Waals surface area contributed by atoms with Crippen molar-refractivity contribution in [3.05, 3.63) is 11.9 Å². The first-order chi connectivity index (χ1) is 9.04. The van der Waals surface area contributed by atoms with Gasteiger partial charge in [0.05, 0.1) is 6.10 Å². The molecule has 0 aromatic rings. The highest BCUT2D eigenvalue weighted by molar-refractivity contribution is 5.32. The average Bonchev–Trinajstić information content (AvgIpc) is 2.23. The minimum Gasteiger partial charge on any atom is -0.335 e. The van der Waals surface area contributed by atoms with E-state index in [0.717, 1.165) is 0 Å². The molecule has 0 fully saturated rings. The predicted molar refractivity (Wildman–Crippen MR) is 49.0 cm³/mol. The second-order valence-electron chi connectivity index (χ2n) is 4.61. The highest BCUT2D eigenvalue weighted by Crippen LogP contribution is 2.62. The number of allylic oxidation sites excluding steroid dienone is 1. The van der Waals surface area contributed by atoms with Gasteiger partial charge < -0.3 is 4.74 Å². The number of halogens is 10. The summed E-state index contributed by atoms with van der Waals surface area (Å²) in [6, 6.07) is 0. The Balaban J connectivity index is 3.74. The third-order valence-electron chi connectivity index (χ3n) is 2.70. The number of hydrogen-bond donors (Lipinski definition) is 0. The Kier molecular flexibility index (Phi) is 3.87. The second kappa shape index (κ2) is 4.50. The maximum atomic E-state index is 14.1. The van der Waals surface area contributed by atoms with Crippen LogP contribution >= 0.6 is 0 Å². The Bertz CT molecular complexity index is 453. The summed E-state index contributed by atoms with van der Waals surface area (Å²) in [5.74, 6) is -21.7. The molecule has 2 atom stereocenters. The van der Waals surface area contributed by atoms with E-state index in [0.29, 0.717) is 13.8 Å². The Morgan fingerprint density at radius 3 is 1.76 bits per heavy atom. The van der Waals surface area contributed by atoms with E-state index in [1.807, 2.05) is 0 Å². The highest BCUT2D eigenvalue weighted by Gasteiger charge is 2.88. The molecular weight excluding hydrogens is 326 g/mol. The molecule has 0 bridgehead atoms. The van der Waals surface area contributed by atoms with Crippen molar-refractivity contribution >= 4 is 0 Å². The molecule has 0 heterocycles. The molecule has 1 rings (SSSR count). The van der Waals surface area contributed by atoms with Gasteiger partial charge in [0.2, 0.25) is 0 Å². The predicted octanol–water partition coefficient (Wildman–Crippen LogP) is 4.49. The molecule has 0 N–H and O–H groups in total. The van der Waals surface area contributed by atoms with Crippen LogP contribution in [-0.2, 0) is 4.74 Å². The van der Waals surface area contributed by atoms with Crippen molar-refractivity contribution in [3.63, 3.8) is 0 Å². The molecule has 2 unspecified atom stereocenters. The first kappa shape index (κ1) is 18.1. The van der Waals surface area contributed by atoms with Gasteiger partial charge in [0.25, 0.3) is 5.67 Å². The lowest BCUT2D eigenvalue weighted by Crippen LogP contribution is -2.74. The van der Waals surface area contributed by atoms with Crippen LogP contribution in [0.1, 0.15) is 13.8 Å². The molecule has 0 radical (unpaired) electrons.